The lowest BCUT2D eigenvalue weighted by Gasteiger charge is -1.97. The van der Waals surface area contributed by atoms with Gasteiger partial charge in [-0.1, -0.05) is 32.9 Å². The average Bonchev–Trinajstić information content (AvgIpc) is 2.21. The Morgan fingerprint density at radius 2 is 1.69 bits per heavy atom. The molecule has 0 heterocycles. The molecule has 0 spiro atoms. The first-order chi connectivity index (χ1) is 6.24. The van der Waals surface area contributed by atoms with Crippen LogP contribution in [0.5, 0.6) is 0 Å². The van der Waals surface area contributed by atoms with E-state index in [1.54, 1.807) is 12.1 Å². The second-order valence-corrected chi connectivity index (χ2v) is 3.36. The standard InChI is InChI=1S/C8H11NOS.C2H6/c1-2-7-3-5-8(6-4-7)11(9)10;1-2/h3-6H,2,9H2,1H3;1-2H3. The van der Waals surface area contributed by atoms with Crippen molar-refractivity contribution in [2.24, 2.45) is 5.14 Å². The molecule has 0 saturated heterocycles. The molecule has 3 heteroatoms. The second-order valence-electron chi connectivity index (χ2n) is 2.29. The first kappa shape index (κ1) is 12.3. The van der Waals surface area contributed by atoms with Gasteiger partial charge in [-0.05, 0) is 24.1 Å². The smallest absolute Gasteiger partial charge is 0.122 e. The summed E-state index contributed by atoms with van der Waals surface area (Å²) in [5, 5.41) is 5.18. The summed E-state index contributed by atoms with van der Waals surface area (Å²) in [6.07, 6.45) is 0.998. The number of benzene rings is 1. The molecule has 1 rings (SSSR count). The van der Waals surface area contributed by atoms with Crippen LogP contribution in [0.15, 0.2) is 29.2 Å². The van der Waals surface area contributed by atoms with Crippen LogP contribution < -0.4 is 5.14 Å². The van der Waals surface area contributed by atoms with E-state index in [2.05, 4.69) is 6.92 Å². The summed E-state index contributed by atoms with van der Waals surface area (Å²) >= 11 is 0. The fraction of sp³-hybridized carbons (Fsp3) is 0.400. The monoisotopic (exact) mass is 199 g/mol. The molecule has 74 valence electrons. The van der Waals surface area contributed by atoms with Crippen molar-refractivity contribution in [1.82, 2.24) is 0 Å². The van der Waals surface area contributed by atoms with E-state index in [4.69, 9.17) is 5.14 Å². The molecule has 1 aromatic rings. The third-order valence-electron chi connectivity index (χ3n) is 1.56. The van der Waals surface area contributed by atoms with Crippen LogP contribution in [0.3, 0.4) is 0 Å². The van der Waals surface area contributed by atoms with Crippen molar-refractivity contribution in [2.75, 3.05) is 0 Å². The summed E-state index contributed by atoms with van der Waals surface area (Å²) in [6.45, 7) is 6.08. The van der Waals surface area contributed by atoms with Gasteiger partial charge < -0.3 is 0 Å². The maximum absolute atomic E-state index is 10.7. The maximum atomic E-state index is 10.7. The molecule has 0 aromatic heterocycles. The summed E-state index contributed by atoms with van der Waals surface area (Å²) in [5.74, 6) is 0. The molecule has 1 atom stereocenters. The molecule has 1 aromatic carbocycles. The van der Waals surface area contributed by atoms with Gasteiger partial charge in [0.2, 0.25) is 0 Å². The molecule has 0 aliphatic rings. The van der Waals surface area contributed by atoms with E-state index in [-0.39, 0.29) is 0 Å². The normalized spacial score (nSPS) is 11.4. The summed E-state index contributed by atoms with van der Waals surface area (Å²) in [5.41, 5.74) is 1.24. The molecule has 0 aliphatic heterocycles. The minimum atomic E-state index is -1.34. The van der Waals surface area contributed by atoms with E-state index in [1.807, 2.05) is 26.0 Å². The quantitative estimate of drug-likeness (QED) is 0.780. The van der Waals surface area contributed by atoms with Gasteiger partial charge >= 0.3 is 0 Å². The second kappa shape index (κ2) is 6.80. The van der Waals surface area contributed by atoms with Crippen LogP contribution >= 0.6 is 0 Å². The zero-order valence-corrected chi connectivity index (χ0v) is 9.23. The Labute approximate surface area is 82.7 Å². The summed E-state index contributed by atoms with van der Waals surface area (Å²) in [7, 11) is -1.34. The lowest BCUT2D eigenvalue weighted by molar-refractivity contribution is 0.684. The molecule has 13 heavy (non-hydrogen) atoms. The highest BCUT2D eigenvalue weighted by Gasteiger charge is 1.95. The van der Waals surface area contributed by atoms with Gasteiger partial charge in [0.25, 0.3) is 0 Å². The molecule has 0 aliphatic carbocycles. The van der Waals surface area contributed by atoms with Gasteiger partial charge in [-0.3, -0.25) is 0 Å². The van der Waals surface area contributed by atoms with Gasteiger partial charge in [-0.15, -0.1) is 0 Å². The van der Waals surface area contributed by atoms with Crippen LogP contribution in [0, 0.1) is 0 Å². The largest absolute Gasteiger partial charge is 0.248 e. The average molecular weight is 199 g/mol. The van der Waals surface area contributed by atoms with Gasteiger partial charge in [0.05, 0.1) is 4.90 Å². The highest BCUT2D eigenvalue weighted by atomic mass is 32.2. The van der Waals surface area contributed by atoms with Crippen LogP contribution in [0.25, 0.3) is 0 Å². The SMILES string of the molecule is CC.CCc1ccc(S(N)=O)cc1. The van der Waals surface area contributed by atoms with Crippen LogP contribution in [-0.4, -0.2) is 4.21 Å². The molecule has 0 fully saturated rings. The van der Waals surface area contributed by atoms with Crippen molar-refractivity contribution in [3.8, 4) is 0 Å². The molecule has 0 bridgehead atoms. The minimum absolute atomic E-state index is 0.683. The molecule has 2 nitrogen and oxygen atoms in total. The Balaban J connectivity index is 0.000000671. The number of hydrogen-bond donors (Lipinski definition) is 1. The van der Waals surface area contributed by atoms with Gasteiger partial charge in [-0.25, -0.2) is 9.35 Å². The predicted molar refractivity (Wildman–Crippen MR) is 57.8 cm³/mol. The first-order valence-corrected chi connectivity index (χ1v) is 5.70. The van der Waals surface area contributed by atoms with Gasteiger partial charge in [0, 0.05) is 0 Å². The Kier molecular flexibility index (Phi) is 6.45. The molecule has 1 unspecified atom stereocenters. The van der Waals surface area contributed by atoms with E-state index in [0.717, 1.165) is 6.42 Å². The Morgan fingerprint density at radius 1 is 1.23 bits per heavy atom. The van der Waals surface area contributed by atoms with Gasteiger partial charge in [0.15, 0.2) is 0 Å². The zero-order chi connectivity index (χ0) is 10.3. The minimum Gasteiger partial charge on any atom is -0.248 e. The highest BCUT2D eigenvalue weighted by molar-refractivity contribution is 7.82. The van der Waals surface area contributed by atoms with Gasteiger partial charge in [0.1, 0.15) is 11.0 Å². The topological polar surface area (TPSA) is 43.1 Å². The molecule has 2 N–H and O–H groups in total. The predicted octanol–water partition coefficient (Wildman–Crippen LogP) is 2.26. The fourth-order valence-corrected chi connectivity index (χ4v) is 1.26. The Morgan fingerprint density at radius 3 is 2.00 bits per heavy atom. The van der Waals surface area contributed by atoms with Crippen molar-refractivity contribution in [1.29, 1.82) is 0 Å². The van der Waals surface area contributed by atoms with E-state index in [1.165, 1.54) is 5.56 Å². The van der Waals surface area contributed by atoms with E-state index < -0.39 is 11.0 Å². The number of hydrogen-bond acceptors (Lipinski definition) is 1. The summed E-state index contributed by atoms with van der Waals surface area (Å²) in [6, 6.07) is 7.49. The van der Waals surface area contributed by atoms with Crippen molar-refractivity contribution in [3.63, 3.8) is 0 Å². The zero-order valence-electron chi connectivity index (χ0n) is 8.41. The molecular formula is C10H17NOS. The lowest BCUT2D eigenvalue weighted by atomic mass is 10.2. The molecule has 0 saturated carbocycles. The maximum Gasteiger partial charge on any atom is 0.122 e. The summed E-state index contributed by atoms with van der Waals surface area (Å²) < 4.78 is 10.7. The van der Waals surface area contributed by atoms with E-state index >= 15 is 0 Å². The van der Waals surface area contributed by atoms with Gasteiger partial charge in [-0.2, -0.15) is 0 Å². The molecular weight excluding hydrogens is 182 g/mol. The molecule has 0 radical (unpaired) electrons. The van der Waals surface area contributed by atoms with E-state index in [9.17, 15) is 4.21 Å². The Bertz CT molecular complexity index is 256. The first-order valence-electron chi connectivity index (χ1n) is 4.49. The third kappa shape index (κ3) is 4.20. The molecule has 0 amide bonds. The number of rotatable bonds is 2. The van der Waals surface area contributed by atoms with Crippen molar-refractivity contribution in [3.05, 3.63) is 29.8 Å². The van der Waals surface area contributed by atoms with Crippen LogP contribution in [-0.2, 0) is 17.4 Å². The van der Waals surface area contributed by atoms with Crippen LogP contribution in [0.4, 0.5) is 0 Å². The van der Waals surface area contributed by atoms with E-state index in [0.29, 0.717) is 4.90 Å². The van der Waals surface area contributed by atoms with Crippen LogP contribution in [0.1, 0.15) is 26.3 Å². The highest BCUT2D eigenvalue weighted by Crippen LogP contribution is 2.06. The number of aryl methyl sites for hydroxylation is 1. The lowest BCUT2D eigenvalue weighted by Crippen LogP contribution is -2.02. The van der Waals surface area contributed by atoms with Crippen LogP contribution in [0.2, 0.25) is 0 Å². The Hall–Kier alpha value is -0.670. The number of nitrogens with two attached hydrogens (primary N) is 1. The summed E-state index contributed by atoms with van der Waals surface area (Å²) in [4.78, 5) is 0.683. The van der Waals surface area contributed by atoms with Crippen molar-refractivity contribution < 1.29 is 4.21 Å². The van der Waals surface area contributed by atoms with Crippen molar-refractivity contribution in [2.45, 2.75) is 32.1 Å². The third-order valence-corrected chi connectivity index (χ3v) is 2.30. The van der Waals surface area contributed by atoms with Crippen molar-refractivity contribution >= 4 is 11.0 Å². The fourth-order valence-electron chi connectivity index (χ4n) is 0.859.